The summed E-state index contributed by atoms with van der Waals surface area (Å²) < 4.78 is 93.8. The lowest BCUT2D eigenvalue weighted by atomic mass is 9.80. The largest absolute Gasteiger partial charge is 0.459 e. The number of benzene rings is 7. The number of aliphatic hydroxyl groups is 1. The van der Waals surface area contributed by atoms with E-state index in [0.29, 0.717) is 16.7 Å². The summed E-state index contributed by atoms with van der Waals surface area (Å²) in [6.45, 7) is 2.89. The Kier molecular flexibility index (Phi) is 24.4. The van der Waals surface area contributed by atoms with Crippen molar-refractivity contribution in [2.24, 2.45) is 0 Å². The highest BCUT2D eigenvalue weighted by molar-refractivity contribution is 5.92. The minimum atomic E-state index is -2.25. The van der Waals surface area contributed by atoms with Gasteiger partial charge in [-0.05, 0) is 65.2 Å². The van der Waals surface area contributed by atoms with E-state index >= 15 is 0 Å². The van der Waals surface area contributed by atoms with Crippen molar-refractivity contribution in [1.82, 2.24) is 0 Å². The second kappa shape index (κ2) is 33.8. The first kappa shape index (κ1) is 72.2. The number of hydrogen-bond acceptors (Lipinski definition) is 25. The second-order valence-electron chi connectivity index (χ2n) is 23.2. The maximum Gasteiger partial charge on any atom is 0.338 e. The molecule has 25 nitrogen and oxygen atoms in total. The summed E-state index contributed by atoms with van der Waals surface area (Å²) in [6.07, 6.45) is -28.4. The number of carbonyl (C=O) groups is 9. The summed E-state index contributed by atoms with van der Waals surface area (Å²) in [6, 6.07) is 58.0. The molecular weight excluding hydrogens is 1300 g/mol. The van der Waals surface area contributed by atoms with Crippen molar-refractivity contribution >= 4 is 53.7 Å². The topological polar surface area (TPSA) is 312 Å². The van der Waals surface area contributed by atoms with Gasteiger partial charge in [0.25, 0.3) is 0 Å². The molecule has 3 fully saturated rings. The van der Waals surface area contributed by atoms with Gasteiger partial charge in [-0.15, -0.1) is 0 Å². The molecule has 25 heteroatoms. The van der Waals surface area contributed by atoms with Gasteiger partial charge in [0.1, 0.15) is 36.6 Å². The first-order valence-electron chi connectivity index (χ1n) is 31.9. The van der Waals surface area contributed by atoms with Gasteiger partial charge in [0.2, 0.25) is 0 Å². The highest BCUT2D eigenvalue weighted by atomic mass is 16.8. The molecule has 3 aliphatic heterocycles. The lowest BCUT2D eigenvalue weighted by Crippen LogP contribution is -2.67. The molecule has 100 heavy (non-hydrogen) atoms. The molecule has 522 valence electrons. The summed E-state index contributed by atoms with van der Waals surface area (Å²) in [7, 11) is 0. The van der Waals surface area contributed by atoms with Crippen molar-refractivity contribution < 1.29 is 119 Å². The molecule has 7 aromatic carbocycles. The minimum absolute atomic E-state index is 0.0144. The van der Waals surface area contributed by atoms with Gasteiger partial charge in [0, 0.05) is 34.6 Å². The molecule has 3 heterocycles. The van der Waals surface area contributed by atoms with Crippen LogP contribution >= 0.6 is 0 Å². The lowest BCUT2D eigenvalue weighted by molar-refractivity contribution is -0.364. The number of esters is 9. The SMILES string of the molecule is CC(=O)O[C@@H]1[C@H](OC(C)=O)[C@@H](O[C@@H]2[C@H](OC(C)=O)[C@@H](O)O[C@H](CO[C@H]3O[C@H](COC(=O)c4ccccc4)[C@@H](OC(=O)c4ccccc4)[C@H](OC(=O)c4ccccc4)[C@@H]3OC(=O)c3ccccc3)[C@H]2OC(C)=O)O[C@H](COC(c2ccccc2)(c2ccccc2)c2ccccc2)[C@H]1OC(C)=O. The molecule has 3 saturated heterocycles. The van der Waals surface area contributed by atoms with E-state index in [2.05, 4.69) is 0 Å². The predicted molar refractivity (Wildman–Crippen MR) is 346 cm³/mol. The van der Waals surface area contributed by atoms with Crippen molar-refractivity contribution in [3.05, 3.63) is 251 Å². The van der Waals surface area contributed by atoms with Crippen LogP contribution in [0.15, 0.2) is 212 Å². The van der Waals surface area contributed by atoms with Gasteiger partial charge in [0.15, 0.2) is 67.7 Å². The molecular formula is C75H72O25. The number of ether oxygens (including phenoxy) is 15. The fraction of sp³-hybridized carbons (Fsp3) is 0.320. The third kappa shape index (κ3) is 17.8. The molecule has 1 N–H and O–H groups in total. The summed E-state index contributed by atoms with van der Waals surface area (Å²) in [4.78, 5) is 124. The maximum atomic E-state index is 14.5. The molecule has 0 amide bonds. The van der Waals surface area contributed by atoms with Crippen molar-refractivity contribution in [3.8, 4) is 0 Å². The minimum Gasteiger partial charge on any atom is -0.459 e. The molecule has 0 bridgehead atoms. The number of hydrogen-bond donors (Lipinski definition) is 1. The Morgan fingerprint density at radius 1 is 0.320 bits per heavy atom. The molecule has 3 aliphatic rings. The van der Waals surface area contributed by atoms with Gasteiger partial charge >= 0.3 is 53.7 Å². The third-order valence-electron chi connectivity index (χ3n) is 16.2. The van der Waals surface area contributed by atoms with E-state index < -0.39 is 171 Å². The molecule has 0 saturated carbocycles. The van der Waals surface area contributed by atoms with Crippen molar-refractivity contribution in [1.29, 1.82) is 0 Å². The number of aliphatic hydroxyl groups excluding tert-OH is 1. The fourth-order valence-electron chi connectivity index (χ4n) is 11.9. The Morgan fingerprint density at radius 2 is 0.620 bits per heavy atom. The summed E-state index contributed by atoms with van der Waals surface area (Å²) in [5, 5.41) is 12.2. The van der Waals surface area contributed by atoms with E-state index in [0.717, 1.165) is 34.6 Å². The van der Waals surface area contributed by atoms with Gasteiger partial charge in [-0.2, -0.15) is 0 Å². The van der Waals surface area contributed by atoms with E-state index in [1.165, 1.54) is 48.5 Å². The van der Waals surface area contributed by atoms with Crippen LogP contribution in [0.4, 0.5) is 0 Å². The van der Waals surface area contributed by atoms with Crippen molar-refractivity contribution in [2.45, 2.75) is 132 Å². The molecule has 0 aromatic heterocycles. The fourth-order valence-corrected chi connectivity index (χ4v) is 11.9. The summed E-state index contributed by atoms with van der Waals surface area (Å²) in [5.41, 5.74) is 0.486. The van der Waals surface area contributed by atoms with Crippen LogP contribution in [0.25, 0.3) is 0 Å². The molecule has 10 rings (SSSR count). The van der Waals surface area contributed by atoms with Gasteiger partial charge in [0.05, 0.1) is 35.5 Å². The molecule has 0 unspecified atom stereocenters. The molecule has 0 radical (unpaired) electrons. The van der Waals surface area contributed by atoms with E-state index in [9.17, 15) is 48.3 Å². The number of rotatable bonds is 25. The summed E-state index contributed by atoms with van der Waals surface area (Å²) in [5.74, 6) is -8.87. The predicted octanol–water partition coefficient (Wildman–Crippen LogP) is 7.76. The Balaban J connectivity index is 1.05. The monoisotopic (exact) mass is 1370 g/mol. The summed E-state index contributed by atoms with van der Waals surface area (Å²) >= 11 is 0. The second-order valence-corrected chi connectivity index (χ2v) is 23.2. The lowest BCUT2D eigenvalue weighted by Gasteiger charge is -2.49. The van der Waals surface area contributed by atoms with Gasteiger partial charge < -0.3 is 76.2 Å². The van der Waals surface area contributed by atoms with E-state index in [-0.39, 0.29) is 22.3 Å². The molecule has 15 atom stereocenters. The van der Waals surface area contributed by atoms with E-state index in [4.69, 9.17) is 71.1 Å². The first-order valence-corrected chi connectivity index (χ1v) is 31.9. The average Bonchev–Trinajstić information content (AvgIpc) is 0.761. The Morgan fingerprint density at radius 3 is 1.05 bits per heavy atom. The van der Waals surface area contributed by atoms with Crippen molar-refractivity contribution in [2.75, 3.05) is 19.8 Å². The van der Waals surface area contributed by atoms with Gasteiger partial charge in [-0.3, -0.25) is 24.0 Å². The Hall–Kier alpha value is -10.5. The van der Waals surface area contributed by atoms with Crippen LogP contribution < -0.4 is 0 Å². The van der Waals surface area contributed by atoms with Crippen LogP contribution in [0.2, 0.25) is 0 Å². The van der Waals surface area contributed by atoms with Crippen LogP contribution in [-0.4, -0.2) is 171 Å². The van der Waals surface area contributed by atoms with Gasteiger partial charge in [-0.1, -0.05) is 164 Å². The third-order valence-corrected chi connectivity index (χ3v) is 16.2. The van der Waals surface area contributed by atoms with Crippen LogP contribution in [0, 0.1) is 0 Å². The number of carbonyl (C=O) groups excluding carboxylic acids is 9. The van der Waals surface area contributed by atoms with Crippen LogP contribution in [0.1, 0.15) is 92.7 Å². The quantitative estimate of drug-likeness (QED) is 0.0324. The van der Waals surface area contributed by atoms with E-state index in [1.807, 2.05) is 91.0 Å². The average molecular weight is 1370 g/mol. The normalized spacial score (nSPS) is 24.9. The van der Waals surface area contributed by atoms with Crippen LogP contribution in [0.5, 0.6) is 0 Å². The zero-order valence-corrected chi connectivity index (χ0v) is 54.7. The smallest absolute Gasteiger partial charge is 0.338 e. The highest BCUT2D eigenvalue weighted by Crippen LogP contribution is 2.43. The first-order chi connectivity index (χ1) is 48.3. The zero-order chi connectivity index (χ0) is 70.9. The Bertz CT molecular complexity index is 3810. The maximum absolute atomic E-state index is 14.5. The zero-order valence-electron chi connectivity index (χ0n) is 54.7. The molecule has 0 spiro atoms. The molecule has 0 aliphatic carbocycles. The Labute approximate surface area is 574 Å². The molecule has 7 aromatic rings. The standard InChI is InChI=1S/C75H72O25/c1-44(76)89-59-56(42-87-73-66(99-71(84)52-33-19-9-20-34-52)64(98-70(83)51-31-17-8-18-32-51)61(97-69(82)50-29-15-7-16-30-50)57(95-73)41-86-68(81)49-27-13-6-14-28-49)94-72(85)65(92-47(4)79)62(59)100-74-67(93-48(5)80)63(91-46(3)78)60(90-45(2)77)58(96-74)43-88-75(53-35-21-10-22-36-53,54-37-23-11-24-38-54)55-39-25-12-26-40-55/h6-40,56-67,72-74,85H,41-43H2,1-5H3/t56-,57-,58-,59-,60-,61-,62+,63+,64+,65+,66+,67+,72+,73+,74-/m1/s1. The van der Waals surface area contributed by atoms with Crippen molar-refractivity contribution in [3.63, 3.8) is 0 Å². The van der Waals surface area contributed by atoms with E-state index in [1.54, 1.807) is 72.8 Å². The highest BCUT2D eigenvalue weighted by Gasteiger charge is 2.59. The van der Waals surface area contributed by atoms with Crippen LogP contribution in [-0.2, 0) is 101 Å². The van der Waals surface area contributed by atoms with Gasteiger partial charge in [-0.25, -0.2) is 19.2 Å². The van der Waals surface area contributed by atoms with Crippen LogP contribution in [0.3, 0.4) is 0 Å².